The zero-order chi connectivity index (χ0) is 13.1. The summed E-state index contributed by atoms with van der Waals surface area (Å²) in [6.07, 6.45) is 0. The lowest BCUT2D eigenvalue weighted by molar-refractivity contribution is 0.0696. The van der Waals surface area contributed by atoms with Gasteiger partial charge >= 0.3 is 5.97 Å². The molecule has 3 N–H and O–H groups in total. The molecule has 0 heterocycles. The smallest absolute Gasteiger partial charge is 0.335 e. The summed E-state index contributed by atoms with van der Waals surface area (Å²) in [4.78, 5) is 10.6. The van der Waals surface area contributed by atoms with Crippen molar-refractivity contribution in [2.24, 2.45) is 0 Å². The van der Waals surface area contributed by atoms with Crippen molar-refractivity contribution < 1.29 is 23.4 Å². The Morgan fingerprint density at radius 3 is 2.65 bits per heavy atom. The molecule has 0 aliphatic heterocycles. The van der Waals surface area contributed by atoms with Crippen molar-refractivity contribution in [1.29, 1.82) is 0 Å². The fourth-order valence-electron chi connectivity index (χ4n) is 1.17. The lowest BCUT2D eigenvalue weighted by Crippen LogP contribution is -2.35. The first-order chi connectivity index (χ1) is 7.86. The summed E-state index contributed by atoms with van der Waals surface area (Å²) in [6, 6.07) is 4.38. The summed E-state index contributed by atoms with van der Waals surface area (Å²) >= 11 is 0. The molecule has 1 rings (SSSR count). The largest absolute Gasteiger partial charge is 0.478 e. The topological polar surface area (TPSA) is 104 Å². The second-order valence-electron chi connectivity index (χ2n) is 3.54. The van der Waals surface area contributed by atoms with Crippen LogP contribution in [0.25, 0.3) is 0 Å². The van der Waals surface area contributed by atoms with Gasteiger partial charge in [-0.1, -0.05) is 6.07 Å². The molecule has 0 aromatic heterocycles. The van der Waals surface area contributed by atoms with Crippen molar-refractivity contribution in [1.82, 2.24) is 4.72 Å². The highest BCUT2D eigenvalue weighted by Crippen LogP contribution is 2.11. The fourth-order valence-corrected chi connectivity index (χ4v) is 2.45. The summed E-state index contributed by atoms with van der Waals surface area (Å²) in [5.74, 6) is -1.20. The van der Waals surface area contributed by atoms with Crippen LogP contribution in [-0.4, -0.2) is 37.2 Å². The van der Waals surface area contributed by atoms with Crippen molar-refractivity contribution in [3.63, 3.8) is 0 Å². The quantitative estimate of drug-likeness (QED) is 0.693. The first-order valence-corrected chi connectivity index (χ1v) is 6.31. The molecule has 1 atom stereocenters. The zero-order valence-corrected chi connectivity index (χ0v) is 9.94. The molecular weight excluding hydrogens is 246 g/mol. The molecular formula is C10H13NO5S. The number of carbonyl (C=O) groups is 1. The Kier molecular flexibility index (Phi) is 4.22. The van der Waals surface area contributed by atoms with Crippen LogP contribution in [0.3, 0.4) is 0 Å². The molecule has 1 unspecified atom stereocenters. The zero-order valence-electron chi connectivity index (χ0n) is 9.12. The molecule has 0 saturated carbocycles. The molecule has 1 aromatic rings. The van der Waals surface area contributed by atoms with Gasteiger partial charge in [0.25, 0.3) is 0 Å². The number of aromatic carboxylic acids is 1. The second-order valence-corrected chi connectivity index (χ2v) is 5.25. The monoisotopic (exact) mass is 259 g/mol. The van der Waals surface area contributed by atoms with Gasteiger partial charge in [0.15, 0.2) is 0 Å². The highest BCUT2D eigenvalue weighted by Gasteiger charge is 2.18. The molecule has 0 aliphatic rings. The number of nitrogens with one attached hydrogen (secondary N) is 1. The first kappa shape index (κ1) is 13.6. The van der Waals surface area contributed by atoms with E-state index < -0.39 is 22.0 Å². The maximum Gasteiger partial charge on any atom is 0.335 e. The van der Waals surface area contributed by atoms with Crippen molar-refractivity contribution in [2.45, 2.75) is 17.9 Å². The number of hydrogen-bond acceptors (Lipinski definition) is 4. The first-order valence-electron chi connectivity index (χ1n) is 4.83. The van der Waals surface area contributed by atoms with E-state index in [1.807, 2.05) is 0 Å². The molecule has 0 saturated heterocycles. The van der Waals surface area contributed by atoms with Crippen molar-refractivity contribution >= 4 is 16.0 Å². The molecule has 0 spiro atoms. The van der Waals surface area contributed by atoms with E-state index in [1.165, 1.54) is 25.1 Å². The van der Waals surface area contributed by atoms with E-state index in [0.717, 1.165) is 6.07 Å². The van der Waals surface area contributed by atoms with Crippen LogP contribution >= 0.6 is 0 Å². The van der Waals surface area contributed by atoms with Crippen LogP contribution in [0.1, 0.15) is 17.3 Å². The number of rotatable bonds is 5. The number of benzene rings is 1. The highest BCUT2D eigenvalue weighted by molar-refractivity contribution is 7.89. The predicted molar refractivity (Wildman–Crippen MR) is 60.3 cm³/mol. The molecule has 0 amide bonds. The minimum Gasteiger partial charge on any atom is -0.478 e. The SMILES string of the molecule is CC(CO)NS(=O)(=O)c1cccc(C(=O)O)c1. The molecule has 17 heavy (non-hydrogen) atoms. The summed E-state index contributed by atoms with van der Waals surface area (Å²) in [5, 5.41) is 17.5. The number of hydrogen-bond donors (Lipinski definition) is 3. The van der Waals surface area contributed by atoms with Crippen molar-refractivity contribution in [2.75, 3.05) is 6.61 Å². The van der Waals surface area contributed by atoms with E-state index in [-0.39, 0.29) is 17.1 Å². The van der Waals surface area contributed by atoms with E-state index in [9.17, 15) is 13.2 Å². The molecule has 7 heteroatoms. The van der Waals surface area contributed by atoms with Crippen molar-refractivity contribution in [3.05, 3.63) is 29.8 Å². The lowest BCUT2D eigenvalue weighted by atomic mass is 10.2. The third kappa shape index (κ3) is 3.52. The summed E-state index contributed by atoms with van der Waals surface area (Å²) in [7, 11) is -3.80. The maximum absolute atomic E-state index is 11.8. The van der Waals surface area contributed by atoms with Crippen LogP contribution < -0.4 is 4.72 Å². The van der Waals surface area contributed by atoms with Crippen LogP contribution in [0.5, 0.6) is 0 Å². The second kappa shape index (κ2) is 5.26. The van der Waals surface area contributed by atoms with Crippen LogP contribution in [0.2, 0.25) is 0 Å². The highest BCUT2D eigenvalue weighted by atomic mass is 32.2. The van der Waals surface area contributed by atoms with Gasteiger partial charge in [0.1, 0.15) is 0 Å². The third-order valence-corrected chi connectivity index (χ3v) is 3.61. The molecule has 1 aromatic carbocycles. The standard InChI is InChI=1S/C10H13NO5S/c1-7(6-12)11-17(15,16)9-4-2-3-8(5-9)10(13)14/h2-5,7,11-12H,6H2,1H3,(H,13,14). The van der Waals surface area contributed by atoms with Crippen LogP contribution in [0.4, 0.5) is 0 Å². The van der Waals surface area contributed by atoms with E-state index >= 15 is 0 Å². The van der Waals surface area contributed by atoms with Gasteiger partial charge in [-0.3, -0.25) is 0 Å². The van der Waals surface area contributed by atoms with Crippen LogP contribution in [0.15, 0.2) is 29.2 Å². The molecule has 0 fully saturated rings. The average molecular weight is 259 g/mol. The summed E-state index contributed by atoms with van der Waals surface area (Å²) < 4.78 is 25.7. The summed E-state index contributed by atoms with van der Waals surface area (Å²) in [6.45, 7) is 1.16. The van der Waals surface area contributed by atoms with E-state index in [4.69, 9.17) is 10.2 Å². The molecule has 0 aliphatic carbocycles. The third-order valence-electron chi connectivity index (χ3n) is 2.02. The Hall–Kier alpha value is -1.44. The van der Waals surface area contributed by atoms with Gasteiger partial charge in [-0.15, -0.1) is 0 Å². The maximum atomic E-state index is 11.8. The average Bonchev–Trinajstić information content (AvgIpc) is 2.28. The number of carboxylic acid groups (broad SMARTS) is 1. The molecule has 0 radical (unpaired) electrons. The van der Waals surface area contributed by atoms with E-state index in [2.05, 4.69) is 4.72 Å². The van der Waals surface area contributed by atoms with Gasteiger partial charge in [0.2, 0.25) is 10.0 Å². The molecule has 0 bridgehead atoms. The normalized spacial score (nSPS) is 13.3. The van der Waals surface area contributed by atoms with Gasteiger partial charge in [-0.2, -0.15) is 0 Å². The van der Waals surface area contributed by atoms with E-state index in [0.29, 0.717) is 0 Å². The molecule has 94 valence electrons. The minimum atomic E-state index is -3.80. The summed E-state index contributed by atoms with van der Waals surface area (Å²) in [5.41, 5.74) is -0.107. The Morgan fingerprint density at radius 2 is 2.12 bits per heavy atom. The van der Waals surface area contributed by atoms with Crippen LogP contribution in [0, 0.1) is 0 Å². The number of sulfonamides is 1. The fraction of sp³-hybridized carbons (Fsp3) is 0.300. The molecule has 6 nitrogen and oxygen atoms in total. The number of aliphatic hydroxyl groups is 1. The van der Waals surface area contributed by atoms with Gasteiger partial charge in [0, 0.05) is 6.04 Å². The van der Waals surface area contributed by atoms with E-state index in [1.54, 1.807) is 0 Å². The van der Waals surface area contributed by atoms with Crippen molar-refractivity contribution in [3.8, 4) is 0 Å². The minimum absolute atomic E-state index is 0.107. The van der Waals surface area contributed by atoms with Gasteiger partial charge in [-0.25, -0.2) is 17.9 Å². The lowest BCUT2D eigenvalue weighted by Gasteiger charge is -2.11. The number of carboxylic acids is 1. The Balaban J connectivity index is 3.07. The Bertz CT molecular complexity index is 511. The van der Waals surface area contributed by atoms with Crippen LogP contribution in [-0.2, 0) is 10.0 Å². The predicted octanol–water partition coefficient (Wildman–Crippen LogP) is 0.0439. The Morgan fingerprint density at radius 1 is 1.47 bits per heavy atom. The van der Waals surface area contributed by atoms with Gasteiger partial charge in [-0.05, 0) is 25.1 Å². The van der Waals surface area contributed by atoms with Gasteiger partial charge in [0.05, 0.1) is 17.1 Å². The Labute approximate surface area is 99.0 Å². The van der Waals surface area contributed by atoms with Gasteiger partial charge < -0.3 is 10.2 Å². The number of aliphatic hydroxyl groups excluding tert-OH is 1.